The van der Waals surface area contributed by atoms with Gasteiger partial charge in [-0.2, -0.15) is 0 Å². The number of nitrogens with zero attached hydrogens (tertiary/aromatic N) is 4. The molecule has 2 aliphatic rings. The van der Waals surface area contributed by atoms with E-state index in [9.17, 15) is 0 Å². The summed E-state index contributed by atoms with van der Waals surface area (Å²) in [6.45, 7) is 8.64. The van der Waals surface area contributed by atoms with E-state index in [0.717, 1.165) is 26.4 Å². The molecule has 0 saturated carbocycles. The van der Waals surface area contributed by atoms with Gasteiger partial charge >= 0.3 is 0 Å². The summed E-state index contributed by atoms with van der Waals surface area (Å²) in [5.41, 5.74) is 0. The van der Waals surface area contributed by atoms with Gasteiger partial charge in [-0.15, -0.1) is 0 Å². The Morgan fingerprint density at radius 3 is 1.16 bits per heavy atom. The van der Waals surface area contributed by atoms with Crippen LogP contribution in [0.5, 0.6) is 0 Å². The lowest BCUT2D eigenvalue weighted by Gasteiger charge is -2.14. The summed E-state index contributed by atoms with van der Waals surface area (Å²) < 4.78 is 0. The van der Waals surface area contributed by atoms with Crippen molar-refractivity contribution < 1.29 is 12.4 Å². The molecule has 4 nitrogen and oxygen atoms in total. The van der Waals surface area contributed by atoms with Crippen molar-refractivity contribution in [3.63, 3.8) is 0 Å². The molecule has 0 fully saturated rings. The number of hydrogen-bond acceptors (Lipinski definition) is 4. The van der Waals surface area contributed by atoms with Crippen molar-refractivity contribution in [3.05, 3.63) is 24.8 Å². The van der Waals surface area contributed by atoms with Gasteiger partial charge in [0.05, 0.1) is 13.3 Å². The highest BCUT2D eigenvalue weighted by atomic mass is 35.5. The highest BCUT2D eigenvalue weighted by Gasteiger charge is 2.03. The van der Waals surface area contributed by atoms with Crippen LogP contribution >= 0.6 is 0 Å². The van der Waals surface area contributed by atoms with E-state index in [2.05, 4.69) is 72.3 Å². The molecule has 0 atom stereocenters. The third-order valence-electron chi connectivity index (χ3n) is 2.69. The molecule has 116 valence electrons. The maximum atomic E-state index is 2.25. The smallest absolute Gasteiger partial charge is 0.0890 e. The fraction of sp³-hybridized carbons (Fsp3) is 0.714. The normalized spacial score (nSPS) is 15.4. The van der Waals surface area contributed by atoms with E-state index in [4.69, 9.17) is 0 Å². The first-order chi connectivity index (χ1) is 7.65. The maximum Gasteiger partial charge on any atom is 0.0890 e. The van der Waals surface area contributed by atoms with E-state index in [0.29, 0.717) is 0 Å². The predicted octanol–water partition coefficient (Wildman–Crippen LogP) is -0.359. The van der Waals surface area contributed by atoms with Crippen LogP contribution < -0.4 is 12.4 Å². The van der Waals surface area contributed by atoms with E-state index in [1.54, 1.807) is 0 Å². The minimum atomic E-state index is 0. The van der Waals surface area contributed by atoms with Crippen molar-refractivity contribution in [2.45, 2.75) is 28.7 Å². The Bertz CT molecular complexity index is 230. The van der Waals surface area contributed by atoms with E-state index >= 15 is 0 Å². The van der Waals surface area contributed by atoms with Crippen LogP contribution in [0.3, 0.4) is 0 Å². The quantitative estimate of drug-likeness (QED) is 0.689. The van der Waals surface area contributed by atoms with Crippen molar-refractivity contribution in [1.82, 2.24) is 19.6 Å². The van der Waals surface area contributed by atoms with Gasteiger partial charge in [-0.3, -0.25) is 0 Å². The average molecular weight is 292 g/mol. The second-order valence-electron chi connectivity index (χ2n) is 4.20. The Kier molecular flexibility index (Phi) is 14.6. The van der Waals surface area contributed by atoms with Crippen molar-refractivity contribution in [1.29, 1.82) is 0 Å². The average Bonchev–Trinajstić information content (AvgIpc) is 2.88. The van der Waals surface area contributed by atoms with Crippen LogP contribution in [0.4, 0.5) is 0 Å². The fourth-order valence-corrected chi connectivity index (χ4v) is 1.59. The first-order valence-electron chi connectivity index (χ1n) is 5.91. The van der Waals surface area contributed by atoms with Gasteiger partial charge in [0.2, 0.25) is 0 Å². The molecule has 0 N–H and O–H groups in total. The van der Waals surface area contributed by atoms with Crippen LogP contribution in [0.1, 0.15) is 28.7 Å². The van der Waals surface area contributed by atoms with Crippen LogP contribution in [0.2, 0.25) is 0 Å². The van der Waals surface area contributed by atoms with Crippen LogP contribution in [0.25, 0.3) is 0 Å². The van der Waals surface area contributed by atoms with Crippen molar-refractivity contribution >= 4 is 0 Å². The number of rotatable bonds is 2. The Labute approximate surface area is 126 Å². The van der Waals surface area contributed by atoms with Gasteiger partial charge in [0.15, 0.2) is 0 Å². The monoisotopic (exact) mass is 291 g/mol. The molecule has 0 spiro atoms. The Balaban J connectivity index is -0.000000233. The van der Waals surface area contributed by atoms with Crippen molar-refractivity contribution in [2.75, 3.05) is 40.5 Å². The third kappa shape index (κ3) is 8.65. The first kappa shape index (κ1) is 23.1. The predicted molar refractivity (Wildman–Crippen MR) is 81.8 cm³/mol. The van der Waals surface area contributed by atoms with Gasteiger partial charge in [-0.25, -0.2) is 0 Å². The molecule has 2 heterocycles. The van der Waals surface area contributed by atoms with Gasteiger partial charge in [0.25, 0.3) is 0 Å². The molecule has 0 aromatic rings. The topological polar surface area (TPSA) is 13.0 Å². The molecule has 0 radical (unpaired) electrons. The molecule has 0 bridgehead atoms. The molecule has 0 aliphatic carbocycles. The molecular weight excluding hydrogens is 260 g/mol. The largest absolute Gasteiger partial charge is 1.00 e. The second-order valence-corrected chi connectivity index (χ2v) is 4.20. The second kappa shape index (κ2) is 12.0. The Morgan fingerprint density at radius 1 is 0.737 bits per heavy atom. The summed E-state index contributed by atoms with van der Waals surface area (Å²) >= 11 is 0. The first-order valence-corrected chi connectivity index (χ1v) is 5.91. The molecule has 2 rings (SSSR count). The fourth-order valence-electron chi connectivity index (χ4n) is 1.59. The minimum Gasteiger partial charge on any atom is -1.00 e. The molecule has 0 unspecified atom stereocenters. The summed E-state index contributed by atoms with van der Waals surface area (Å²) in [6, 6.07) is 0. The van der Waals surface area contributed by atoms with Gasteiger partial charge in [0.1, 0.15) is 0 Å². The molecule has 0 aromatic heterocycles. The maximum absolute atomic E-state index is 2.25. The lowest BCUT2D eigenvalue weighted by molar-refractivity contribution is -0.00000437. The lowest BCUT2D eigenvalue weighted by atomic mass is 10.6. The molecular formula is C14H32ClN4-. The van der Waals surface area contributed by atoms with Crippen LogP contribution in [-0.4, -0.2) is 60.1 Å². The van der Waals surface area contributed by atoms with Gasteiger partial charge in [0, 0.05) is 52.0 Å². The molecule has 0 aromatic carbocycles. The zero-order valence-electron chi connectivity index (χ0n) is 11.3. The number of hydrogen-bond donors (Lipinski definition) is 0. The summed E-state index contributed by atoms with van der Waals surface area (Å²) in [5, 5.41) is 0. The van der Waals surface area contributed by atoms with E-state index in [1.807, 2.05) is 0 Å². The molecule has 2 aliphatic heterocycles. The third-order valence-corrected chi connectivity index (χ3v) is 2.69. The molecule has 0 saturated heterocycles. The molecule has 5 heteroatoms. The van der Waals surface area contributed by atoms with Gasteiger partial charge < -0.3 is 32.0 Å². The summed E-state index contributed by atoms with van der Waals surface area (Å²) in [5.74, 6) is 0. The van der Waals surface area contributed by atoms with Crippen molar-refractivity contribution in [2.24, 2.45) is 0 Å². The zero-order valence-corrected chi connectivity index (χ0v) is 12.1. The lowest BCUT2D eigenvalue weighted by Crippen LogP contribution is -3.00. The van der Waals surface area contributed by atoms with E-state index in [-0.39, 0.29) is 27.3 Å². The highest BCUT2D eigenvalue weighted by Crippen LogP contribution is 2.01. The molecule has 0 amide bonds. The van der Waals surface area contributed by atoms with E-state index < -0.39 is 0 Å². The van der Waals surface area contributed by atoms with Crippen molar-refractivity contribution in [3.8, 4) is 0 Å². The van der Waals surface area contributed by atoms with Crippen LogP contribution in [-0.2, 0) is 0 Å². The summed E-state index contributed by atoms with van der Waals surface area (Å²) in [7, 11) is 4.15. The van der Waals surface area contributed by atoms with Crippen LogP contribution in [0.15, 0.2) is 24.8 Å². The summed E-state index contributed by atoms with van der Waals surface area (Å²) in [4.78, 5) is 8.81. The zero-order chi connectivity index (χ0) is 12.0. The summed E-state index contributed by atoms with van der Waals surface area (Å²) in [6.07, 6.45) is 8.40. The van der Waals surface area contributed by atoms with Gasteiger partial charge in [-0.1, -0.05) is 14.9 Å². The Morgan fingerprint density at radius 2 is 1.05 bits per heavy atom. The Hall–Kier alpha value is -1.03. The molecule has 19 heavy (non-hydrogen) atoms. The van der Waals surface area contributed by atoms with E-state index in [1.165, 1.54) is 0 Å². The SMILES string of the molecule is C.C.CCN1C=CN(C)C1.CCN1C=CN(C)C1.[Cl-]. The number of halogens is 1. The minimum absolute atomic E-state index is 0. The standard InChI is InChI=1S/2C6H12N2.2CH4.ClH/c2*1-3-8-5-4-7(2)6-8;;;/h2*4-5H,3,6H2,1-2H3;2*1H4;1H/p-1. The van der Waals surface area contributed by atoms with Crippen LogP contribution in [0, 0.1) is 0 Å². The van der Waals surface area contributed by atoms with Gasteiger partial charge in [-0.05, 0) is 13.8 Å². The highest BCUT2D eigenvalue weighted by molar-refractivity contribution is 4.88.